The smallest absolute Gasteiger partial charge is 2.00 e. The Morgan fingerprint density at radius 3 is 0.612 bits per heavy atom. The summed E-state index contributed by atoms with van der Waals surface area (Å²) in [6.07, 6.45) is 14.1. The van der Waals surface area contributed by atoms with Gasteiger partial charge in [0.05, 0.1) is 0 Å². The van der Waals surface area contributed by atoms with E-state index in [1.165, 1.54) is 5.56 Å². The van der Waals surface area contributed by atoms with E-state index in [1.807, 2.05) is 285 Å². The Morgan fingerprint density at radius 1 is 0.282 bits per heavy atom. The van der Waals surface area contributed by atoms with Crippen molar-refractivity contribution in [2.24, 2.45) is 20.0 Å². The van der Waals surface area contributed by atoms with Gasteiger partial charge in [-0.15, -0.1) is 48.5 Å². The Kier molecular flexibility index (Phi) is 64.8. The Balaban J connectivity index is -0.000000208. The van der Waals surface area contributed by atoms with Gasteiger partial charge in [0.25, 0.3) is 0 Å². The summed E-state index contributed by atoms with van der Waals surface area (Å²) in [4.78, 5) is 33.2. The van der Waals surface area contributed by atoms with Gasteiger partial charge in [-0.05, 0) is 29.7 Å². The summed E-state index contributed by atoms with van der Waals surface area (Å²) in [5, 5.41) is 0. The van der Waals surface area contributed by atoms with Crippen molar-refractivity contribution in [3.05, 3.63) is 350 Å². The summed E-state index contributed by atoms with van der Waals surface area (Å²) in [7, 11) is 0. The number of aryl methyl sites for hydroxylation is 1. The van der Waals surface area contributed by atoms with Crippen molar-refractivity contribution in [2.45, 2.75) is 6.92 Å². The van der Waals surface area contributed by atoms with Crippen LogP contribution in [-0.4, -0.2) is 24.9 Å². The van der Waals surface area contributed by atoms with Crippen molar-refractivity contribution < 1.29 is 132 Å². The molecule has 13 rings (SSSR count). The minimum Gasteiger partial charge on any atom is -2.00 e. The molecule has 0 spiro atoms. The van der Waals surface area contributed by atoms with Crippen molar-refractivity contribution in [1.29, 1.82) is 0 Å². The van der Waals surface area contributed by atoms with Crippen molar-refractivity contribution in [3.63, 3.8) is 0 Å². The van der Waals surface area contributed by atoms with E-state index < -0.39 is 0 Å². The van der Waals surface area contributed by atoms with E-state index in [9.17, 15) is 0 Å². The van der Waals surface area contributed by atoms with Gasteiger partial charge in [-0.1, -0.05) is 109 Å². The van der Waals surface area contributed by atoms with E-state index in [4.69, 9.17) is 0 Å². The van der Waals surface area contributed by atoms with Gasteiger partial charge in [-0.25, -0.2) is 48.5 Å². The molecule has 0 aliphatic rings. The third-order valence-electron chi connectivity index (χ3n) is 9.43. The molecule has 4 aromatic heterocycles. The van der Waals surface area contributed by atoms with E-state index >= 15 is 0 Å². The summed E-state index contributed by atoms with van der Waals surface area (Å²) in [5.74, 6) is 0. The molecule has 13 aromatic rings. The fraction of sp³-hybridized carbons (Fsp3) is 0.0149. The van der Waals surface area contributed by atoms with Crippen LogP contribution in [0.2, 0.25) is 0 Å². The van der Waals surface area contributed by atoms with E-state index in [-0.39, 0.29) is 132 Å². The van der Waals surface area contributed by atoms with Crippen molar-refractivity contribution in [1.82, 2.24) is 19.9 Å². The Bertz CT molecular complexity index is 2560. The van der Waals surface area contributed by atoms with Gasteiger partial charge < -0.3 is 61.8 Å². The molecule has 0 amide bonds. The zero-order valence-corrected chi connectivity index (χ0v) is 54.3. The molecular formula is C67H60Fe4Mo2N8O4. The van der Waals surface area contributed by atoms with Gasteiger partial charge in [-0.3, -0.25) is 0 Å². The Labute approximate surface area is 571 Å². The third-order valence-corrected chi connectivity index (χ3v) is 9.43. The first-order valence-electron chi connectivity index (χ1n) is 24.2. The maximum atomic E-state index is 4.22. The SMILES string of the molecule is C(=N[c-]1cccc1)c1ccc[n-]1.C(=N[c-]1cccc1)c1ccc[n-]1.C(=N[c-]1cccc1)c1ccc[n-]1.C(=N[c-]1cccc1)c1ccc[n-]1.Cc1ccccc1.[Fe+3].[Fe+3].[Fe+3].[Fe+3].[Mo+4].[Mo+4].[O-2].[O-2].[O-2].[O-2].c1cc[cH-]c1.c1cc[cH-]c1.c1cc[cH-]c1.c1cc[cH-]c1. The monoisotopic (exact) mass is 1460 g/mol. The van der Waals surface area contributed by atoms with Gasteiger partial charge in [0.1, 0.15) is 0 Å². The van der Waals surface area contributed by atoms with Gasteiger partial charge >= 0.3 is 110 Å². The molecule has 436 valence electrons. The summed E-state index contributed by atoms with van der Waals surface area (Å²) in [6, 6.07) is 96.9. The molecule has 0 N–H and O–H groups in total. The first kappa shape index (κ1) is 89.3. The number of benzene rings is 1. The molecular weight excluding hydrogens is 1400 g/mol. The number of rotatable bonds is 8. The van der Waals surface area contributed by atoms with Crippen LogP contribution in [0.25, 0.3) is 0 Å². The van der Waals surface area contributed by atoms with Gasteiger partial charge in [0.2, 0.25) is 0 Å². The molecule has 0 saturated carbocycles. The maximum Gasteiger partial charge on any atom is 4.00 e. The molecule has 0 bridgehead atoms. The maximum absolute atomic E-state index is 4.22. The average Bonchev–Trinajstić information content (AvgIpc) is 4.31. The van der Waals surface area contributed by atoms with Crippen LogP contribution in [-0.2, 0) is 132 Å². The first-order valence-corrected chi connectivity index (χ1v) is 24.2. The number of hydrogen-bond acceptors (Lipinski definition) is 4. The number of nitrogens with zero attached hydrogens (tertiary/aromatic N) is 8. The first-order chi connectivity index (χ1) is 37.2. The minimum atomic E-state index is 0. The average molecular weight is 1460 g/mol. The second kappa shape index (κ2) is 61.7. The van der Waals surface area contributed by atoms with E-state index in [2.05, 4.69) is 59.0 Å². The molecule has 85 heavy (non-hydrogen) atoms. The topological polar surface area (TPSA) is 220 Å². The van der Waals surface area contributed by atoms with Crippen molar-refractivity contribution in [3.8, 4) is 0 Å². The molecule has 18 heteroatoms. The molecule has 0 saturated heterocycles. The van der Waals surface area contributed by atoms with Crippen LogP contribution in [0.4, 0.5) is 22.7 Å². The van der Waals surface area contributed by atoms with E-state index in [1.54, 1.807) is 49.6 Å². The Hall–Kier alpha value is -6.89. The molecule has 0 aliphatic heterocycles. The summed E-state index contributed by atoms with van der Waals surface area (Å²) in [6.45, 7) is 2.08. The van der Waals surface area contributed by atoms with Crippen LogP contribution in [0, 0.1) is 6.92 Å². The summed E-state index contributed by atoms with van der Waals surface area (Å²) >= 11 is 0. The van der Waals surface area contributed by atoms with Crippen LogP contribution in [0.15, 0.2) is 342 Å². The third kappa shape index (κ3) is 46.1. The number of aromatic nitrogens is 4. The number of aliphatic imine (C=N–C) groups is 4. The largest absolute Gasteiger partial charge is 4.00 e. The van der Waals surface area contributed by atoms with Crippen molar-refractivity contribution in [2.75, 3.05) is 0 Å². The fourth-order valence-electron chi connectivity index (χ4n) is 5.74. The predicted octanol–water partition coefficient (Wildman–Crippen LogP) is 15.6. The molecule has 12 nitrogen and oxygen atoms in total. The second-order valence-corrected chi connectivity index (χ2v) is 15.4. The molecule has 0 fully saturated rings. The van der Waals surface area contributed by atoms with Crippen LogP contribution in [0.5, 0.6) is 0 Å². The standard InChI is InChI=1S/4C10H8N2.C7H8.4C5H5.4Fe.2Mo.4O/c4*1-2-5-9(4-1)12-8-10-6-3-7-11-10;1-7-5-3-2-4-6-7;4*1-2-4-5-3-1;;;;;;;;;;/h4*1-8H;2-6H,1H3;4*1-5H;;;;;;;;;;/q4*-2;;4*-1;4*+3;2*+4;4*-2. The normalized spacial score (nSPS) is 8.81. The molecule has 0 unspecified atom stereocenters. The zero-order valence-electron chi connectivity index (χ0n) is 45.9. The Morgan fingerprint density at radius 2 is 0.482 bits per heavy atom. The quantitative estimate of drug-likeness (QED) is 0.0823. The molecule has 4 radical (unpaired) electrons. The van der Waals surface area contributed by atoms with E-state index in [0.29, 0.717) is 0 Å². The predicted molar refractivity (Wildman–Crippen MR) is 318 cm³/mol. The minimum absolute atomic E-state index is 0. The molecule has 4 heterocycles. The van der Waals surface area contributed by atoms with Crippen LogP contribution in [0.3, 0.4) is 0 Å². The van der Waals surface area contributed by atoms with Crippen LogP contribution in [0.1, 0.15) is 28.3 Å². The number of hydrogen-bond donors (Lipinski definition) is 0. The van der Waals surface area contributed by atoms with Gasteiger partial charge in [0, 0.05) is 0 Å². The van der Waals surface area contributed by atoms with Crippen molar-refractivity contribution >= 4 is 47.6 Å². The molecule has 0 atom stereocenters. The zero-order chi connectivity index (χ0) is 52.2. The van der Waals surface area contributed by atoms with Gasteiger partial charge in [-0.2, -0.15) is 169 Å². The van der Waals surface area contributed by atoms with Crippen LogP contribution >= 0.6 is 0 Å². The van der Waals surface area contributed by atoms with Gasteiger partial charge in [0.15, 0.2) is 0 Å². The summed E-state index contributed by atoms with van der Waals surface area (Å²) < 4.78 is 0. The molecule has 9 aromatic carbocycles. The fourth-order valence-corrected chi connectivity index (χ4v) is 5.74. The van der Waals surface area contributed by atoms with E-state index in [0.717, 1.165) is 45.5 Å². The second-order valence-electron chi connectivity index (χ2n) is 15.4. The van der Waals surface area contributed by atoms with Crippen LogP contribution < -0.4 is 19.9 Å². The summed E-state index contributed by atoms with van der Waals surface area (Å²) in [5.41, 5.74) is 8.80. The molecule has 0 aliphatic carbocycles.